The van der Waals surface area contributed by atoms with Gasteiger partial charge in [-0.1, -0.05) is 48.5 Å². The van der Waals surface area contributed by atoms with Crippen molar-refractivity contribution in [2.24, 2.45) is 0 Å². The molecule has 0 radical (unpaired) electrons. The van der Waals surface area contributed by atoms with Gasteiger partial charge in [0.15, 0.2) is 0 Å². The molecule has 0 fully saturated rings. The molecule has 30 heavy (non-hydrogen) atoms. The van der Waals surface area contributed by atoms with Crippen molar-refractivity contribution in [3.63, 3.8) is 0 Å². The van der Waals surface area contributed by atoms with E-state index < -0.39 is 0 Å². The number of hydrogen-bond acceptors (Lipinski definition) is 3. The van der Waals surface area contributed by atoms with Gasteiger partial charge in [0.05, 0.1) is 6.54 Å². The van der Waals surface area contributed by atoms with Gasteiger partial charge in [-0.05, 0) is 49.6 Å². The molecule has 3 aromatic rings. The Labute approximate surface area is 182 Å². The van der Waals surface area contributed by atoms with Gasteiger partial charge < -0.3 is 10.2 Å². The van der Waals surface area contributed by atoms with Crippen LogP contribution in [-0.4, -0.2) is 29.8 Å². The Balaban J connectivity index is 1.51. The van der Waals surface area contributed by atoms with E-state index in [1.54, 1.807) is 23.5 Å². The third-order valence-corrected chi connectivity index (χ3v) is 5.88. The summed E-state index contributed by atoms with van der Waals surface area (Å²) >= 11 is 1.73. The number of thiophene rings is 1. The van der Waals surface area contributed by atoms with Crippen molar-refractivity contribution >= 4 is 23.2 Å². The molecule has 1 aromatic heterocycles. The monoisotopic (exact) mass is 420 g/mol. The van der Waals surface area contributed by atoms with Crippen molar-refractivity contribution in [1.29, 1.82) is 0 Å². The summed E-state index contributed by atoms with van der Waals surface area (Å²) in [4.78, 5) is 29.4. The predicted octanol–water partition coefficient (Wildman–Crippen LogP) is 4.84. The molecule has 0 aliphatic rings. The van der Waals surface area contributed by atoms with Crippen molar-refractivity contribution in [2.45, 2.75) is 32.7 Å². The summed E-state index contributed by atoms with van der Waals surface area (Å²) in [7, 11) is 0. The molecule has 1 heterocycles. The molecule has 2 aromatic carbocycles. The first kappa shape index (κ1) is 21.8. The molecular weight excluding hydrogens is 392 g/mol. The lowest BCUT2D eigenvalue weighted by Crippen LogP contribution is -2.33. The van der Waals surface area contributed by atoms with Crippen molar-refractivity contribution in [1.82, 2.24) is 10.2 Å². The second-order valence-corrected chi connectivity index (χ2v) is 8.66. The van der Waals surface area contributed by atoms with E-state index in [2.05, 4.69) is 36.5 Å². The Morgan fingerprint density at radius 2 is 1.63 bits per heavy atom. The van der Waals surface area contributed by atoms with Crippen LogP contribution in [-0.2, 0) is 17.8 Å². The number of nitrogens with zero attached hydrogens (tertiary/aromatic N) is 1. The Morgan fingerprint density at radius 3 is 2.30 bits per heavy atom. The highest BCUT2D eigenvalue weighted by atomic mass is 32.1. The van der Waals surface area contributed by atoms with E-state index in [9.17, 15) is 9.59 Å². The fourth-order valence-corrected chi connectivity index (χ4v) is 4.16. The third kappa shape index (κ3) is 6.85. The first-order valence-corrected chi connectivity index (χ1v) is 11.1. The summed E-state index contributed by atoms with van der Waals surface area (Å²) in [5, 5.41) is 2.90. The van der Waals surface area contributed by atoms with Gasteiger partial charge in [0.25, 0.3) is 5.91 Å². The second-order valence-electron chi connectivity index (χ2n) is 7.29. The van der Waals surface area contributed by atoms with Gasteiger partial charge in [-0.15, -0.1) is 11.3 Å². The number of hydrogen-bond donors (Lipinski definition) is 1. The smallest absolute Gasteiger partial charge is 0.251 e. The number of carbonyl (C=O) groups excluding carboxylic acids is 2. The molecule has 0 saturated carbocycles. The summed E-state index contributed by atoms with van der Waals surface area (Å²) < 4.78 is 0. The van der Waals surface area contributed by atoms with Crippen LogP contribution in [0, 0.1) is 6.92 Å². The number of rotatable bonds is 10. The van der Waals surface area contributed by atoms with Crippen LogP contribution < -0.4 is 5.32 Å². The zero-order valence-electron chi connectivity index (χ0n) is 17.3. The maximum absolute atomic E-state index is 12.9. The topological polar surface area (TPSA) is 49.4 Å². The molecule has 0 bridgehead atoms. The molecule has 0 aliphatic heterocycles. The minimum Gasteiger partial charge on any atom is -0.352 e. The van der Waals surface area contributed by atoms with E-state index in [4.69, 9.17) is 0 Å². The van der Waals surface area contributed by atoms with Crippen LogP contribution in [0.15, 0.2) is 72.8 Å². The Morgan fingerprint density at radius 1 is 0.933 bits per heavy atom. The van der Waals surface area contributed by atoms with Crippen molar-refractivity contribution in [3.05, 3.63) is 93.7 Å². The Kier molecular flexibility index (Phi) is 8.21. The van der Waals surface area contributed by atoms with Crippen molar-refractivity contribution < 1.29 is 9.59 Å². The average Bonchev–Trinajstić information content (AvgIpc) is 3.19. The van der Waals surface area contributed by atoms with Gasteiger partial charge in [0, 0.05) is 34.8 Å². The molecule has 1 N–H and O–H groups in total. The summed E-state index contributed by atoms with van der Waals surface area (Å²) in [6.45, 7) is 3.90. The maximum atomic E-state index is 12.9. The molecule has 0 unspecified atom stereocenters. The molecular formula is C25H28N2O2S. The van der Waals surface area contributed by atoms with Crippen molar-refractivity contribution in [3.8, 4) is 0 Å². The van der Waals surface area contributed by atoms with E-state index in [1.807, 2.05) is 41.3 Å². The van der Waals surface area contributed by atoms with E-state index >= 15 is 0 Å². The average molecular weight is 421 g/mol. The van der Waals surface area contributed by atoms with E-state index in [-0.39, 0.29) is 11.8 Å². The number of carbonyl (C=O) groups is 2. The lowest BCUT2D eigenvalue weighted by Gasteiger charge is -2.22. The van der Waals surface area contributed by atoms with Crippen LogP contribution in [0.5, 0.6) is 0 Å². The summed E-state index contributed by atoms with van der Waals surface area (Å²) in [6.07, 6.45) is 1.89. The second kappa shape index (κ2) is 11.3. The summed E-state index contributed by atoms with van der Waals surface area (Å²) in [6, 6.07) is 23.6. The summed E-state index contributed by atoms with van der Waals surface area (Å²) in [5.41, 5.74) is 1.87. The molecule has 0 aliphatic carbocycles. The van der Waals surface area contributed by atoms with Gasteiger partial charge >= 0.3 is 0 Å². The Hall–Kier alpha value is -2.92. The molecule has 156 valence electrons. The van der Waals surface area contributed by atoms with Crippen LogP contribution in [0.4, 0.5) is 0 Å². The van der Waals surface area contributed by atoms with E-state index in [0.29, 0.717) is 38.0 Å². The Bertz CT molecular complexity index is 938. The van der Waals surface area contributed by atoms with Gasteiger partial charge in [0.1, 0.15) is 0 Å². The largest absolute Gasteiger partial charge is 0.352 e. The van der Waals surface area contributed by atoms with Gasteiger partial charge in [-0.2, -0.15) is 0 Å². The lowest BCUT2D eigenvalue weighted by atomic mass is 10.1. The molecule has 0 spiro atoms. The van der Waals surface area contributed by atoms with Crippen LogP contribution in [0.1, 0.15) is 38.5 Å². The minimum absolute atomic E-state index is 0.0990. The lowest BCUT2D eigenvalue weighted by molar-refractivity contribution is -0.131. The zero-order chi connectivity index (χ0) is 21.2. The molecule has 0 atom stereocenters. The fraction of sp³-hybridized carbons (Fsp3) is 0.280. The highest BCUT2D eigenvalue weighted by Crippen LogP contribution is 2.18. The van der Waals surface area contributed by atoms with E-state index in [0.717, 1.165) is 6.42 Å². The van der Waals surface area contributed by atoms with Crippen LogP contribution in [0.3, 0.4) is 0 Å². The highest BCUT2D eigenvalue weighted by Gasteiger charge is 2.15. The molecule has 2 amide bonds. The van der Waals surface area contributed by atoms with Crippen LogP contribution in [0.25, 0.3) is 0 Å². The predicted molar refractivity (Wildman–Crippen MR) is 123 cm³/mol. The van der Waals surface area contributed by atoms with Gasteiger partial charge in [-0.25, -0.2) is 0 Å². The first-order chi connectivity index (χ1) is 14.6. The van der Waals surface area contributed by atoms with E-state index in [1.165, 1.54) is 15.3 Å². The number of amides is 2. The quantitative estimate of drug-likeness (QED) is 0.477. The maximum Gasteiger partial charge on any atom is 0.251 e. The van der Waals surface area contributed by atoms with Gasteiger partial charge in [0.2, 0.25) is 5.91 Å². The number of nitrogens with one attached hydrogen (secondary N) is 1. The minimum atomic E-state index is -0.0990. The first-order valence-electron chi connectivity index (χ1n) is 10.3. The zero-order valence-corrected chi connectivity index (χ0v) is 18.2. The fourth-order valence-electron chi connectivity index (χ4n) is 3.25. The van der Waals surface area contributed by atoms with Gasteiger partial charge in [-0.3, -0.25) is 9.59 Å². The third-order valence-electron chi connectivity index (χ3n) is 4.90. The number of benzene rings is 2. The molecule has 3 rings (SSSR count). The number of aryl methyl sites for hydroxylation is 1. The summed E-state index contributed by atoms with van der Waals surface area (Å²) in [5.74, 6) is 0.0315. The highest BCUT2D eigenvalue weighted by molar-refractivity contribution is 7.11. The van der Waals surface area contributed by atoms with Crippen molar-refractivity contribution in [2.75, 3.05) is 13.1 Å². The standard InChI is InChI=1S/C25H28N2O2S/c1-20-14-15-23(30-20)19-27(18-16-21-9-4-2-5-10-21)24(28)13-8-17-26-25(29)22-11-6-3-7-12-22/h2-7,9-12,14-15H,8,13,16-19H2,1H3,(H,26,29). The SMILES string of the molecule is Cc1ccc(CN(CCc2ccccc2)C(=O)CCCNC(=O)c2ccccc2)s1. The molecule has 5 heteroatoms. The normalized spacial score (nSPS) is 10.6. The molecule has 4 nitrogen and oxygen atoms in total. The molecule has 0 saturated heterocycles. The van der Waals surface area contributed by atoms with Crippen LogP contribution >= 0.6 is 11.3 Å². The van der Waals surface area contributed by atoms with Crippen LogP contribution in [0.2, 0.25) is 0 Å².